The van der Waals surface area contributed by atoms with Crippen LogP contribution in [-0.2, 0) is 20.0 Å². The summed E-state index contributed by atoms with van der Waals surface area (Å²) in [5, 5.41) is 0. The van der Waals surface area contributed by atoms with E-state index in [4.69, 9.17) is 0 Å². The maximum Gasteiger partial charge on any atom is 0.253 e. The molecule has 180 valence electrons. The van der Waals surface area contributed by atoms with Gasteiger partial charge < -0.3 is 4.90 Å². The predicted octanol–water partition coefficient (Wildman–Crippen LogP) is 2.48. The minimum atomic E-state index is -3.72. The summed E-state index contributed by atoms with van der Waals surface area (Å²) >= 11 is 0. The number of rotatable bonds is 6. The second-order valence-electron chi connectivity index (χ2n) is 8.61. The van der Waals surface area contributed by atoms with Crippen molar-refractivity contribution in [1.82, 2.24) is 13.5 Å². The Kier molecular flexibility index (Phi) is 7.33. The molecule has 0 bridgehead atoms. The van der Waals surface area contributed by atoms with Crippen LogP contribution in [0.3, 0.4) is 0 Å². The molecular formula is C23H31N3O5S2. The van der Waals surface area contributed by atoms with Gasteiger partial charge in [0.05, 0.1) is 9.79 Å². The first-order valence-electron chi connectivity index (χ1n) is 10.8. The molecule has 1 saturated heterocycles. The predicted molar refractivity (Wildman–Crippen MR) is 127 cm³/mol. The minimum absolute atomic E-state index is 0.0562. The van der Waals surface area contributed by atoms with E-state index in [1.165, 1.54) is 27.8 Å². The van der Waals surface area contributed by atoms with Gasteiger partial charge in [0.15, 0.2) is 0 Å². The highest BCUT2D eigenvalue weighted by molar-refractivity contribution is 7.89. The molecule has 0 aliphatic carbocycles. The summed E-state index contributed by atoms with van der Waals surface area (Å²) in [7, 11) is -5.87. The molecule has 1 aliphatic rings. The minimum Gasteiger partial charge on any atom is -0.336 e. The van der Waals surface area contributed by atoms with Crippen molar-refractivity contribution in [3.63, 3.8) is 0 Å². The lowest BCUT2D eigenvalue weighted by molar-refractivity contribution is 0.0697. The van der Waals surface area contributed by atoms with E-state index in [-0.39, 0.29) is 53.5 Å². The number of sulfonamides is 2. The molecule has 2 aromatic carbocycles. The second-order valence-corrected chi connectivity index (χ2v) is 12.5. The number of nitrogens with zero attached hydrogens (tertiary/aromatic N) is 3. The van der Waals surface area contributed by atoms with Crippen molar-refractivity contribution in [2.24, 2.45) is 0 Å². The first kappa shape index (κ1) is 25.4. The lowest BCUT2D eigenvalue weighted by Gasteiger charge is -2.34. The fourth-order valence-electron chi connectivity index (χ4n) is 3.67. The van der Waals surface area contributed by atoms with Crippen LogP contribution in [0.5, 0.6) is 0 Å². The average molecular weight is 494 g/mol. The van der Waals surface area contributed by atoms with E-state index >= 15 is 0 Å². The Hall–Kier alpha value is -2.27. The molecule has 0 unspecified atom stereocenters. The van der Waals surface area contributed by atoms with Gasteiger partial charge in [-0.05, 0) is 63.1 Å². The second kappa shape index (κ2) is 9.54. The average Bonchev–Trinajstić information content (AvgIpc) is 2.79. The molecule has 0 N–H and O–H groups in total. The fourth-order valence-corrected chi connectivity index (χ4v) is 6.82. The Morgan fingerprint density at radius 2 is 1.58 bits per heavy atom. The van der Waals surface area contributed by atoms with E-state index in [0.29, 0.717) is 5.56 Å². The number of piperazine rings is 1. The first-order chi connectivity index (χ1) is 15.4. The van der Waals surface area contributed by atoms with E-state index in [1.54, 1.807) is 49.9 Å². The molecular weight excluding hydrogens is 462 g/mol. The number of amides is 1. The summed E-state index contributed by atoms with van der Waals surface area (Å²) in [5.74, 6) is -0.317. The Labute approximate surface area is 196 Å². The van der Waals surface area contributed by atoms with Gasteiger partial charge in [-0.15, -0.1) is 0 Å². The number of carbonyl (C=O) groups is 1. The van der Waals surface area contributed by atoms with Crippen molar-refractivity contribution >= 4 is 26.0 Å². The van der Waals surface area contributed by atoms with Crippen LogP contribution < -0.4 is 0 Å². The molecule has 1 aliphatic heterocycles. The van der Waals surface area contributed by atoms with Crippen LogP contribution in [0, 0.1) is 13.8 Å². The maximum absolute atomic E-state index is 13.1. The Balaban J connectivity index is 1.76. The first-order valence-corrected chi connectivity index (χ1v) is 13.7. The zero-order chi connectivity index (χ0) is 24.6. The largest absolute Gasteiger partial charge is 0.336 e. The SMILES string of the molecule is Cc1ccc(C)c(S(=O)(=O)N2CCN(C(=O)c3cccc(S(=O)(=O)N(C)C(C)C)c3)CC2)c1. The molecule has 0 saturated carbocycles. The summed E-state index contributed by atoms with van der Waals surface area (Å²) in [6.45, 7) is 7.98. The molecule has 33 heavy (non-hydrogen) atoms. The zero-order valence-electron chi connectivity index (χ0n) is 19.6. The Bertz CT molecular complexity index is 1250. The van der Waals surface area contributed by atoms with Crippen LogP contribution in [0.15, 0.2) is 52.3 Å². The molecule has 0 atom stereocenters. The van der Waals surface area contributed by atoms with E-state index in [0.717, 1.165) is 5.56 Å². The fraction of sp³-hybridized carbons (Fsp3) is 0.435. The van der Waals surface area contributed by atoms with Crippen molar-refractivity contribution in [3.05, 3.63) is 59.2 Å². The third-order valence-corrected chi connectivity index (χ3v) is 10.0. The number of aryl methyl sites for hydroxylation is 2. The molecule has 0 radical (unpaired) electrons. The van der Waals surface area contributed by atoms with Gasteiger partial charge in [0.25, 0.3) is 5.91 Å². The van der Waals surface area contributed by atoms with Gasteiger partial charge in [0.1, 0.15) is 0 Å². The van der Waals surface area contributed by atoms with Gasteiger partial charge in [-0.1, -0.05) is 18.2 Å². The molecule has 1 heterocycles. The highest BCUT2D eigenvalue weighted by Crippen LogP contribution is 2.24. The topological polar surface area (TPSA) is 95.1 Å². The summed E-state index contributed by atoms with van der Waals surface area (Å²) in [4.78, 5) is 15.0. The maximum atomic E-state index is 13.1. The van der Waals surface area contributed by atoms with Crippen LogP contribution in [0.2, 0.25) is 0 Å². The van der Waals surface area contributed by atoms with Crippen molar-refractivity contribution in [2.75, 3.05) is 33.2 Å². The lowest BCUT2D eigenvalue weighted by Crippen LogP contribution is -2.50. The van der Waals surface area contributed by atoms with Crippen molar-refractivity contribution in [1.29, 1.82) is 0 Å². The molecule has 1 fully saturated rings. The third kappa shape index (κ3) is 5.13. The van der Waals surface area contributed by atoms with Crippen LogP contribution in [0.4, 0.5) is 0 Å². The summed E-state index contributed by atoms with van der Waals surface area (Å²) < 4.78 is 54.5. The number of hydrogen-bond donors (Lipinski definition) is 0. The van der Waals surface area contributed by atoms with E-state index in [2.05, 4.69) is 0 Å². The van der Waals surface area contributed by atoms with Gasteiger partial charge in [-0.25, -0.2) is 16.8 Å². The molecule has 0 spiro atoms. The van der Waals surface area contributed by atoms with E-state index in [1.807, 2.05) is 13.0 Å². The monoisotopic (exact) mass is 493 g/mol. The summed E-state index contributed by atoms with van der Waals surface area (Å²) in [6.07, 6.45) is 0. The molecule has 2 aromatic rings. The number of hydrogen-bond acceptors (Lipinski definition) is 5. The zero-order valence-corrected chi connectivity index (χ0v) is 21.3. The quantitative estimate of drug-likeness (QED) is 0.616. The van der Waals surface area contributed by atoms with Crippen LogP contribution in [0.25, 0.3) is 0 Å². The van der Waals surface area contributed by atoms with E-state index < -0.39 is 20.0 Å². The summed E-state index contributed by atoms with van der Waals surface area (Å²) in [6, 6.07) is 11.1. The van der Waals surface area contributed by atoms with Crippen molar-refractivity contribution in [2.45, 2.75) is 43.5 Å². The lowest BCUT2D eigenvalue weighted by atomic mass is 10.2. The van der Waals surface area contributed by atoms with Crippen LogP contribution in [0.1, 0.15) is 35.3 Å². The normalized spacial score (nSPS) is 15.9. The van der Waals surface area contributed by atoms with Gasteiger partial charge in [-0.2, -0.15) is 8.61 Å². The molecule has 0 aromatic heterocycles. The Morgan fingerprint density at radius 1 is 0.939 bits per heavy atom. The van der Waals surface area contributed by atoms with Crippen LogP contribution in [-0.4, -0.2) is 75.5 Å². The standard InChI is InChI=1S/C23H31N3O5S2/c1-17(2)24(5)32(28,29)21-8-6-7-20(16-21)23(27)25-11-13-26(14-12-25)33(30,31)22-15-18(3)9-10-19(22)4/h6-10,15-17H,11-14H2,1-5H3. The summed E-state index contributed by atoms with van der Waals surface area (Å²) in [5.41, 5.74) is 1.81. The highest BCUT2D eigenvalue weighted by Gasteiger charge is 2.32. The van der Waals surface area contributed by atoms with Gasteiger partial charge >= 0.3 is 0 Å². The molecule has 8 nitrogen and oxygen atoms in total. The molecule has 3 rings (SSSR count). The number of benzene rings is 2. The van der Waals surface area contributed by atoms with Crippen LogP contribution >= 0.6 is 0 Å². The van der Waals surface area contributed by atoms with Crippen molar-refractivity contribution in [3.8, 4) is 0 Å². The Morgan fingerprint density at radius 3 is 2.18 bits per heavy atom. The smallest absolute Gasteiger partial charge is 0.253 e. The van der Waals surface area contributed by atoms with Gasteiger partial charge in [-0.3, -0.25) is 4.79 Å². The number of carbonyl (C=O) groups excluding carboxylic acids is 1. The van der Waals surface area contributed by atoms with Gasteiger partial charge in [0.2, 0.25) is 20.0 Å². The molecule has 10 heteroatoms. The molecule has 1 amide bonds. The van der Waals surface area contributed by atoms with Crippen molar-refractivity contribution < 1.29 is 21.6 Å². The van der Waals surface area contributed by atoms with E-state index in [9.17, 15) is 21.6 Å². The highest BCUT2D eigenvalue weighted by atomic mass is 32.2. The van der Waals surface area contributed by atoms with Gasteiger partial charge in [0, 0.05) is 44.8 Å². The third-order valence-electron chi connectivity index (χ3n) is 5.97.